The molecule has 9 heteroatoms. The van der Waals surface area contributed by atoms with Crippen molar-refractivity contribution in [1.29, 1.82) is 0 Å². The quantitative estimate of drug-likeness (QED) is 0.276. The van der Waals surface area contributed by atoms with Crippen LogP contribution in [-0.4, -0.2) is 72.1 Å². The van der Waals surface area contributed by atoms with E-state index in [2.05, 4.69) is 22.2 Å². The highest BCUT2D eigenvalue weighted by Crippen LogP contribution is 2.29. The van der Waals surface area contributed by atoms with E-state index in [1.54, 1.807) is 35.6 Å². The van der Waals surface area contributed by atoms with Gasteiger partial charge in [0.05, 0.1) is 11.8 Å². The number of rotatable bonds is 7. The fourth-order valence-corrected chi connectivity index (χ4v) is 2.79. The van der Waals surface area contributed by atoms with Gasteiger partial charge in [-0.1, -0.05) is 18.2 Å². The average molecular weight is 366 g/mol. The molecule has 0 spiro atoms. The lowest BCUT2D eigenvalue weighted by Crippen LogP contribution is -2.61. The predicted octanol–water partition coefficient (Wildman–Crippen LogP) is -0.854. The molecule has 1 heterocycles. The number of hydrogen-bond acceptors (Lipinski definition) is 7. The third-order valence-corrected chi connectivity index (χ3v) is 4.17. The highest BCUT2D eigenvalue weighted by Gasteiger charge is 2.49. The molecule has 2 rings (SSSR count). The van der Waals surface area contributed by atoms with Crippen LogP contribution in [0.5, 0.6) is 0 Å². The first-order valence-electron chi connectivity index (χ1n) is 7.39. The fourth-order valence-electron chi connectivity index (χ4n) is 2.70. The Morgan fingerprint density at radius 2 is 2.00 bits per heavy atom. The number of nitrogens with zero attached hydrogens (tertiary/aromatic N) is 1. The number of aromatic nitrogens is 1. The number of aromatic amines is 1. The minimum atomic E-state index is -2.51. The van der Waals surface area contributed by atoms with Gasteiger partial charge < -0.3 is 30.5 Å². The van der Waals surface area contributed by atoms with Gasteiger partial charge in [-0.15, -0.1) is 0 Å². The summed E-state index contributed by atoms with van der Waals surface area (Å²) in [5.41, 5.74) is -1.28. The number of carbonyl (C=O) groups is 1. The molecule has 1 amide bonds. The molecule has 1 aromatic carbocycles. The molecule has 134 valence electrons. The Labute approximate surface area is 148 Å². The summed E-state index contributed by atoms with van der Waals surface area (Å²) in [5, 5.41) is 52.5. The van der Waals surface area contributed by atoms with E-state index in [0.29, 0.717) is 10.9 Å². The van der Waals surface area contributed by atoms with Gasteiger partial charge in [0, 0.05) is 23.5 Å². The average Bonchev–Trinajstić information content (AvgIpc) is 3.02. The van der Waals surface area contributed by atoms with Gasteiger partial charge >= 0.3 is 0 Å². The second kappa shape index (κ2) is 7.94. The molecule has 0 radical (unpaired) electrons. The number of carbonyl (C=O) groups excluding carboxylic acids is 1. The summed E-state index contributed by atoms with van der Waals surface area (Å²) >= 11 is 4.30. The van der Waals surface area contributed by atoms with E-state index in [-0.39, 0.29) is 0 Å². The zero-order chi connectivity index (χ0) is 18.6. The van der Waals surface area contributed by atoms with Gasteiger partial charge in [0.25, 0.3) is 5.91 Å². The first kappa shape index (κ1) is 19.4. The van der Waals surface area contributed by atoms with Crippen molar-refractivity contribution in [1.82, 2.24) is 4.98 Å². The van der Waals surface area contributed by atoms with Gasteiger partial charge in [-0.3, -0.25) is 4.79 Å². The molecule has 0 saturated heterocycles. The second-order valence-corrected chi connectivity index (χ2v) is 5.85. The summed E-state index contributed by atoms with van der Waals surface area (Å²) in [6.45, 7) is -0.880. The Morgan fingerprint density at radius 1 is 1.32 bits per heavy atom. The highest BCUT2D eigenvalue weighted by molar-refractivity contribution is 7.78. The van der Waals surface area contributed by atoms with Gasteiger partial charge in [0.1, 0.15) is 17.8 Å². The van der Waals surface area contributed by atoms with Crippen LogP contribution in [0.3, 0.4) is 0 Å². The number of amides is 1. The SMILES string of the molecule is O=C(N=C=S)[C@H](O)[C@](O)(Cc1c[nH]c2ccccc12)[C@H](O)[C@H](O)CO. The number of nitrogens with one attached hydrogen (secondary N) is 1. The molecule has 0 aliphatic heterocycles. The normalized spacial score (nSPS) is 17.3. The standard InChI is InChI=1S/C16H18N2O6S/c19-7-12(20)13(21)16(24,14(22)15(23)18-8-25)5-9-6-17-11-4-2-1-3-10(9)11/h1-4,6,12-14,17,19-22,24H,5,7H2/t12-,13-,14+,16+/m1/s1. The molecule has 0 aliphatic carbocycles. The summed E-state index contributed by atoms with van der Waals surface area (Å²) in [5.74, 6) is -1.22. The van der Waals surface area contributed by atoms with Crippen LogP contribution in [0.25, 0.3) is 10.9 Å². The number of aliphatic imine (C=N–C) groups is 1. The zero-order valence-electron chi connectivity index (χ0n) is 13.0. The Bertz CT molecular complexity index is 803. The lowest BCUT2D eigenvalue weighted by atomic mass is 9.81. The van der Waals surface area contributed by atoms with Crippen LogP contribution in [0.4, 0.5) is 0 Å². The Hall–Kier alpha value is -1.97. The van der Waals surface area contributed by atoms with Gasteiger partial charge in [0.15, 0.2) is 6.10 Å². The lowest BCUT2D eigenvalue weighted by Gasteiger charge is -2.37. The van der Waals surface area contributed by atoms with E-state index in [0.717, 1.165) is 5.52 Å². The number of aliphatic hydroxyl groups excluding tert-OH is 4. The first-order valence-corrected chi connectivity index (χ1v) is 7.80. The number of H-pyrrole nitrogens is 1. The summed E-state index contributed by atoms with van der Waals surface area (Å²) in [6, 6.07) is 7.09. The molecular weight excluding hydrogens is 348 g/mol. The Kier molecular flexibility index (Phi) is 6.15. The maximum atomic E-state index is 11.8. The minimum Gasteiger partial charge on any atom is -0.394 e. The third-order valence-electron chi connectivity index (χ3n) is 4.08. The lowest BCUT2D eigenvalue weighted by molar-refractivity contribution is -0.186. The van der Waals surface area contributed by atoms with Gasteiger partial charge in [-0.2, -0.15) is 4.99 Å². The van der Waals surface area contributed by atoms with E-state index < -0.39 is 42.8 Å². The van der Waals surface area contributed by atoms with Gasteiger partial charge in [0.2, 0.25) is 0 Å². The van der Waals surface area contributed by atoms with Crippen molar-refractivity contribution in [3.63, 3.8) is 0 Å². The van der Waals surface area contributed by atoms with Crippen LogP contribution in [0, 0.1) is 0 Å². The molecule has 0 fully saturated rings. The van der Waals surface area contributed by atoms with Crippen molar-refractivity contribution in [2.24, 2.45) is 4.99 Å². The van der Waals surface area contributed by atoms with Crippen LogP contribution >= 0.6 is 12.2 Å². The van der Waals surface area contributed by atoms with Crippen molar-refractivity contribution in [3.8, 4) is 0 Å². The number of isothiocyanates is 1. The smallest absolute Gasteiger partial charge is 0.286 e. The van der Waals surface area contributed by atoms with Crippen molar-refractivity contribution in [2.75, 3.05) is 6.61 Å². The van der Waals surface area contributed by atoms with Crippen LogP contribution in [0.2, 0.25) is 0 Å². The van der Waals surface area contributed by atoms with Gasteiger partial charge in [-0.05, 0) is 23.8 Å². The zero-order valence-corrected chi connectivity index (χ0v) is 13.8. The van der Waals surface area contributed by atoms with Crippen LogP contribution in [0.15, 0.2) is 35.5 Å². The largest absolute Gasteiger partial charge is 0.394 e. The number of aliphatic hydroxyl groups is 5. The summed E-state index contributed by atoms with van der Waals surface area (Å²) in [6.07, 6.45) is -4.84. The summed E-state index contributed by atoms with van der Waals surface area (Å²) in [4.78, 5) is 17.9. The molecule has 0 unspecified atom stereocenters. The van der Waals surface area contributed by atoms with E-state index in [1.165, 1.54) is 0 Å². The minimum absolute atomic E-state index is 0.394. The first-order chi connectivity index (χ1) is 11.8. The predicted molar refractivity (Wildman–Crippen MR) is 92.1 cm³/mol. The molecule has 0 bridgehead atoms. The molecule has 0 saturated carbocycles. The van der Waals surface area contributed by atoms with Crippen molar-refractivity contribution < 1.29 is 30.3 Å². The van der Waals surface area contributed by atoms with E-state index in [4.69, 9.17) is 5.11 Å². The van der Waals surface area contributed by atoms with Crippen LogP contribution < -0.4 is 0 Å². The van der Waals surface area contributed by atoms with Crippen molar-refractivity contribution >= 4 is 34.2 Å². The summed E-state index contributed by atoms with van der Waals surface area (Å²) < 4.78 is 0. The number of thiocarbonyl (C=S) groups is 1. The number of para-hydroxylation sites is 1. The Balaban J connectivity index is 2.47. The maximum Gasteiger partial charge on any atom is 0.286 e. The molecule has 1 aromatic heterocycles. The molecule has 25 heavy (non-hydrogen) atoms. The summed E-state index contributed by atoms with van der Waals surface area (Å²) in [7, 11) is 0. The number of hydrogen-bond donors (Lipinski definition) is 6. The highest BCUT2D eigenvalue weighted by atomic mass is 32.1. The van der Waals surface area contributed by atoms with Crippen molar-refractivity contribution in [2.45, 2.75) is 30.3 Å². The second-order valence-electron chi connectivity index (χ2n) is 5.67. The van der Waals surface area contributed by atoms with Crippen LogP contribution in [-0.2, 0) is 11.2 Å². The van der Waals surface area contributed by atoms with Crippen LogP contribution in [0.1, 0.15) is 5.56 Å². The van der Waals surface area contributed by atoms with E-state index >= 15 is 0 Å². The molecule has 2 aromatic rings. The monoisotopic (exact) mass is 366 g/mol. The molecule has 6 N–H and O–H groups in total. The number of benzene rings is 1. The molecule has 4 atom stereocenters. The molecule has 8 nitrogen and oxygen atoms in total. The van der Waals surface area contributed by atoms with Gasteiger partial charge in [-0.25, -0.2) is 0 Å². The maximum absolute atomic E-state index is 11.8. The fraction of sp³-hybridized carbons (Fsp3) is 0.375. The third kappa shape index (κ3) is 3.83. The number of fused-ring (bicyclic) bond motifs is 1. The van der Waals surface area contributed by atoms with E-state index in [1.807, 2.05) is 0 Å². The molecule has 0 aliphatic rings. The van der Waals surface area contributed by atoms with Crippen molar-refractivity contribution in [3.05, 3.63) is 36.0 Å². The molecular formula is C16H18N2O6S. The Morgan fingerprint density at radius 3 is 2.64 bits per heavy atom. The topological polar surface area (TPSA) is 146 Å². The van der Waals surface area contributed by atoms with E-state index in [9.17, 15) is 25.2 Å².